The third kappa shape index (κ3) is 2.51. The maximum absolute atomic E-state index is 11.5. The van der Waals surface area contributed by atoms with E-state index in [9.17, 15) is 4.79 Å². The monoisotopic (exact) mass is 275 g/mol. The molecule has 0 saturated heterocycles. The first-order valence-corrected chi connectivity index (χ1v) is 6.76. The van der Waals surface area contributed by atoms with E-state index in [1.807, 2.05) is 18.2 Å². The third-order valence-corrected chi connectivity index (χ3v) is 3.89. The van der Waals surface area contributed by atoms with Gasteiger partial charge in [0, 0.05) is 17.7 Å². The molecule has 2 aromatic rings. The van der Waals surface area contributed by atoms with Crippen LogP contribution in [0.4, 0.5) is 5.69 Å². The van der Waals surface area contributed by atoms with Crippen molar-refractivity contribution < 1.29 is 9.21 Å². The highest BCUT2D eigenvalue weighted by molar-refractivity contribution is 6.22. The molecule has 0 radical (unpaired) electrons. The van der Waals surface area contributed by atoms with Crippen molar-refractivity contribution in [1.82, 2.24) is 0 Å². The second kappa shape index (κ2) is 5.10. The topological polar surface area (TPSA) is 42.2 Å². The summed E-state index contributed by atoms with van der Waals surface area (Å²) in [5.41, 5.74) is 4.03. The number of halogens is 1. The molecule has 0 saturated carbocycles. The van der Waals surface area contributed by atoms with E-state index < -0.39 is 0 Å². The van der Waals surface area contributed by atoms with Crippen molar-refractivity contribution in [3.8, 4) is 0 Å². The highest BCUT2D eigenvalue weighted by atomic mass is 35.5. The highest BCUT2D eigenvalue weighted by Gasteiger charge is 2.17. The lowest BCUT2D eigenvalue weighted by atomic mass is 10.0. The average molecular weight is 276 g/mol. The predicted octanol–water partition coefficient (Wildman–Crippen LogP) is 3.88. The van der Waals surface area contributed by atoms with Gasteiger partial charge in [0.05, 0.1) is 17.9 Å². The Morgan fingerprint density at radius 2 is 2.11 bits per heavy atom. The van der Waals surface area contributed by atoms with Crippen LogP contribution >= 0.6 is 11.6 Å². The predicted molar refractivity (Wildman–Crippen MR) is 74.4 cm³/mol. The molecule has 4 heteroatoms. The Kier molecular flexibility index (Phi) is 3.30. The molecule has 19 heavy (non-hydrogen) atoms. The second-order valence-corrected chi connectivity index (χ2v) is 5.17. The van der Waals surface area contributed by atoms with Gasteiger partial charge in [0.1, 0.15) is 0 Å². The standard InChI is InChI=1S/C15H14ClNO2/c16-15(12-6-7-19-9-12)11-4-5-13-10(8-11)2-1-3-14(18)17-13/h4-9,15H,1-3H2,(H,17,18). The van der Waals surface area contributed by atoms with Crippen LogP contribution in [0.1, 0.15) is 34.9 Å². The molecular formula is C15H14ClNO2. The summed E-state index contributed by atoms with van der Waals surface area (Å²) >= 11 is 6.44. The van der Waals surface area contributed by atoms with Gasteiger partial charge in [-0.3, -0.25) is 4.79 Å². The number of carbonyl (C=O) groups excluding carboxylic acids is 1. The van der Waals surface area contributed by atoms with Gasteiger partial charge >= 0.3 is 0 Å². The minimum atomic E-state index is -0.219. The summed E-state index contributed by atoms with van der Waals surface area (Å²) in [6, 6.07) is 7.83. The fraction of sp³-hybridized carbons (Fsp3) is 0.267. The Labute approximate surface area is 116 Å². The number of amides is 1. The molecule has 1 aromatic carbocycles. The van der Waals surface area contributed by atoms with Gasteiger partial charge < -0.3 is 9.73 Å². The van der Waals surface area contributed by atoms with Gasteiger partial charge in [-0.1, -0.05) is 12.1 Å². The first kappa shape index (κ1) is 12.3. The molecule has 3 nitrogen and oxygen atoms in total. The van der Waals surface area contributed by atoms with Gasteiger partial charge in [0.25, 0.3) is 0 Å². The first-order chi connectivity index (χ1) is 9.24. The summed E-state index contributed by atoms with van der Waals surface area (Å²) in [5, 5.41) is 2.70. The Hall–Kier alpha value is -1.74. The summed E-state index contributed by atoms with van der Waals surface area (Å²) in [5.74, 6) is 0.0868. The summed E-state index contributed by atoms with van der Waals surface area (Å²) in [6.45, 7) is 0. The Morgan fingerprint density at radius 3 is 2.89 bits per heavy atom. The molecule has 1 aromatic heterocycles. The van der Waals surface area contributed by atoms with Crippen LogP contribution in [-0.2, 0) is 11.2 Å². The molecule has 0 spiro atoms. The summed E-state index contributed by atoms with van der Waals surface area (Å²) in [7, 11) is 0. The molecule has 2 heterocycles. The van der Waals surface area contributed by atoms with Crippen molar-refractivity contribution in [2.24, 2.45) is 0 Å². The van der Waals surface area contributed by atoms with Crippen LogP contribution in [0.15, 0.2) is 41.2 Å². The number of furan rings is 1. The molecule has 0 fully saturated rings. The van der Waals surface area contributed by atoms with Crippen molar-refractivity contribution >= 4 is 23.2 Å². The van der Waals surface area contributed by atoms with E-state index in [-0.39, 0.29) is 11.3 Å². The largest absolute Gasteiger partial charge is 0.472 e. The lowest BCUT2D eigenvalue weighted by Crippen LogP contribution is -2.09. The van der Waals surface area contributed by atoms with E-state index >= 15 is 0 Å². The molecule has 1 unspecified atom stereocenters. The van der Waals surface area contributed by atoms with E-state index in [4.69, 9.17) is 16.0 Å². The zero-order chi connectivity index (χ0) is 13.2. The quantitative estimate of drug-likeness (QED) is 0.845. The van der Waals surface area contributed by atoms with Crippen molar-refractivity contribution in [3.63, 3.8) is 0 Å². The summed E-state index contributed by atoms with van der Waals surface area (Å²) in [4.78, 5) is 11.5. The average Bonchev–Trinajstić information content (AvgIpc) is 2.87. The molecule has 1 aliphatic heterocycles. The Morgan fingerprint density at radius 1 is 1.21 bits per heavy atom. The smallest absolute Gasteiger partial charge is 0.224 e. The molecule has 1 aliphatic rings. The van der Waals surface area contributed by atoms with E-state index in [1.165, 1.54) is 0 Å². The zero-order valence-electron chi connectivity index (χ0n) is 10.4. The lowest BCUT2D eigenvalue weighted by molar-refractivity contribution is -0.116. The van der Waals surface area contributed by atoms with E-state index in [1.54, 1.807) is 12.5 Å². The number of benzene rings is 1. The van der Waals surface area contributed by atoms with Gasteiger partial charge in [0.15, 0.2) is 0 Å². The van der Waals surface area contributed by atoms with E-state index in [0.29, 0.717) is 6.42 Å². The summed E-state index contributed by atoms with van der Waals surface area (Å²) < 4.78 is 5.06. The molecule has 0 bridgehead atoms. The number of hydrogen-bond donors (Lipinski definition) is 1. The highest BCUT2D eigenvalue weighted by Crippen LogP contribution is 2.32. The number of alkyl halides is 1. The lowest BCUT2D eigenvalue weighted by Gasteiger charge is -2.12. The van der Waals surface area contributed by atoms with E-state index in [0.717, 1.165) is 35.2 Å². The van der Waals surface area contributed by atoms with Gasteiger partial charge in [-0.05, 0) is 36.1 Å². The Bertz CT molecular complexity index is 592. The number of rotatable bonds is 2. The van der Waals surface area contributed by atoms with Crippen LogP contribution in [-0.4, -0.2) is 5.91 Å². The summed E-state index contributed by atoms with van der Waals surface area (Å²) in [6.07, 6.45) is 5.63. The number of nitrogens with one attached hydrogen (secondary N) is 1. The molecular weight excluding hydrogens is 262 g/mol. The van der Waals surface area contributed by atoms with E-state index in [2.05, 4.69) is 11.4 Å². The molecule has 3 rings (SSSR count). The number of carbonyl (C=O) groups is 1. The fourth-order valence-electron chi connectivity index (χ4n) is 2.36. The molecule has 1 atom stereocenters. The van der Waals surface area contributed by atoms with Gasteiger partial charge in [-0.25, -0.2) is 0 Å². The van der Waals surface area contributed by atoms with Crippen LogP contribution in [0.5, 0.6) is 0 Å². The fourth-order valence-corrected chi connectivity index (χ4v) is 2.62. The third-order valence-electron chi connectivity index (χ3n) is 3.38. The van der Waals surface area contributed by atoms with Gasteiger partial charge in [-0.15, -0.1) is 11.6 Å². The SMILES string of the molecule is O=C1CCCc2cc(C(Cl)c3ccoc3)ccc2N1. The van der Waals surface area contributed by atoms with Gasteiger partial charge in [0.2, 0.25) is 5.91 Å². The minimum Gasteiger partial charge on any atom is -0.472 e. The number of aryl methyl sites for hydroxylation is 1. The van der Waals surface area contributed by atoms with Crippen LogP contribution in [0.3, 0.4) is 0 Å². The minimum absolute atomic E-state index is 0.0868. The maximum Gasteiger partial charge on any atom is 0.224 e. The molecule has 0 aliphatic carbocycles. The van der Waals surface area contributed by atoms with Crippen molar-refractivity contribution in [2.75, 3.05) is 5.32 Å². The van der Waals surface area contributed by atoms with Crippen molar-refractivity contribution in [1.29, 1.82) is 0 Å². The van der Waals surface area contributed by atoms with Crippen LogP contribution in [0.2, 0.25) is 0 Å². The molecule has 98 valence electrons. The van der Waals surface area contributed by atoms with Crippen molar-refractivity contribution in [2.45, 2.75) is 24.6 Å². The maximum atomic E-state index is 11.5. The Balaban J connectivity index is 1.93. The molecule has 1 N–H and O–H groups in total. The number of fused-ring (bicyclic) bond motifs is 1. The van der Waals surface area contributed by atoms with Crippen LogP contribution in [0, 0.1) is 0 Å². The second-order valence-electron chi connectivity index (χ2n) is 4.74. The van der Waals surface area contributed by atoms with Crippen LogP contribution in [0.25, 0.3) is 0 Å². The molecule has 1 amide bonds. The first-order valence-electron chi connectivity index (χ1n) is 6.33. The van der Waals surface area contributed by atoms with Crippen LogP contribution < -0.4 is 5.32 Å². The van der Waals surface area contributed by atoms with Gasteiger partial charge in [-0.2, -0.15) is 0 Å². The zero-order valence-corrected chi connectivity index (χ0v) is 11.1. The number of hydrogen-bond acceptors (Lipinski definition) is 2. The number of anilines is 1. The van der Waals surface area contributed by atoms with Crippen molar-refractivity contribution in [3.05, 3.63) is 53.5 Å². The normalized spacial score (nSPS) is 16.4.